The number of aromatic nitrogens is 4. The average molecular weight is 467 g/mol. The Hall–Kier alpha value is -3.82. The number of ether oxygens (including phenoxy) is 1. The van der Waals surface area contributed by atoms with Gasteiger partial charge in [-0.25, -0.2) is 19.2 Å². The Bertz CT molecular complexity index is 1230. The van der Waals surface area contributed by atoms with Gasteiger partial charge in [0.15, 0.2) is 11.5 Å². The summed E-state index contributed by atoms with van der Waals surface area (Å²) in [6, 6.07) is 5.96. The van der Waals surface area contributed by atoms with Gasteiger partial charge in [0, 0.05) is 30.4 Å². The third-order valence-electron chi connectivity index (χ3n) is 5.33. The third-order valence-corrected chi connectivity index (χ3v) is 5.33. The van der Waals surface area contributed by atoms with Gasteiger partial charge >= 0.3 is 6.09 Å². The Morgan fingerprint density at radius 3 is 2.62 bits per heavy atom. The molecular weight excluding hydrogens is 439 g/mol. The van der Waals surface area contributed by atoms with Crippen molar-refractivity contribution in [2.24, 2.45) is 5.73 Å². The fourth-order valence-electron chi connectivity index (χ4n) is 3.89. The molecule has 2 amide bonds. The van der Waals surface area contributed by atoms with E-state index in [1.165, 1.54) is 12.1 Å². The first-order valence-electron chi connectivity index (χ1n) is 11.1. The highest BCUT2D eigenvalue weighted by Crippen LogP contribution is 2.35. The van der Waals surface area contributed by atoms with Crippen LogP contribution in [0.15, 0.2) is 30.5 Å². The van der Waals surface area contributed by atoms with Crippen molar-refractivity contribution in [1.29, 1.82) is 0 Å². The van der Waals surface area contributed by atoms with Crippen molar-refractivity contribution in [2.45, 2.75) is 52.2 Å². The summed E-state index contributed by atoms with van der Waals surface area (Å²) < 4.78 is 20.3. The summed E-state index contributed by atoms with van der Waals surface area (Å²) >= 11 is 0. The number of amides is 2. The minimum Gasteiger partial charge on any atom is -0.444 e. The second-order valence-corrected chi connectivity index (χ2v) is 9.12. The van der Waals surface area contributed by atoms with Crippen LogP contribution in [0.25, 0.3) is 22.8 Å². The maximum Gasteiger partial charge on any atom is 0.407 e. The number of hydrogen-bond donors (Lipinski definition) is 2. The first-order chi connectivity index (χ1) is 16.1. The zero-order valence-electron chi connectivity index (χ0n) is 19.4. The van der Waals surface area contributed by atoms with E-state index in [1.807, 2.05) is 0 Å². The van der Waals surface area contributed by atoms with Crippen molar-refractivity contribution in [3.05, 3.63) is 53.1 Å². The van der Waals surface area contributed by atoms with Crippen LogP contribution in [0, 0.1) is 5.82 Å². The van der Waals surface area contributed by atoms with E-state index < -0.39 is 17.6 Å². The molecular formula is C24H27FN6O3. The quantitative estimate of drug-likeness (QED) is 0.537. The highest BCUT2D eigenvalue weighted by molar-refractivity contribution is 5.94. The summed E-state index contributed by atoms with van der Waals surface area (Å²) in [6.45, 7) is 6.20. The lowest BCUT2D eigenvalue weighted by Crippen LogP contribution is -2.33. The van der Waals surface area contributed by atoms with Crippen molar-refractivity contribution in [3.63, 3.8) is 0 Å². The van der Waals surface area contributed by atoms with Gasteiger partial charge in [0.1, 0.15) is 11.4 Å². The van der Waals surface area contributed by atoms with Crippen LogP contribution in [0.4, 0.5) is 9.18 Å². The van der Waals surface area contributed by atoms with Gasteiger partial charge < -0.3 is 15.8 Å². The van der Waals surface area contributed by atoms with Crippen LogP contribution < -0.4 is 11.1 Å². The van der Waals surface area contributed by atoms with Crippen molar-refractivity contribution >= 4 is 12.0 Å². The number of rotatable bonds is 6. The molecule has 2 heterocycles. The maximum absolute atomic E-state index is 13.4. The molecule has 4 rings (SSSR count). The SMILES string of the molecule is CC(C)(C)OC(=O)NCCCn1nc(C(N)=O)c2c1-c1nc(-c3ccc(F)cc3)ncc1CC2. The Morgan fingerprint density at radius 1 is 1.21 bits per heavy atom. The first-order valence-corrected chi connectivity index (χ1v) is 11.1. The zero-order chi connectivity index (χ0) is 24.5. The number of fused-ring (bicyclic) bond motifs is 3. The van der Waals surface area contributed by atoms with Crippen molar-refractivity contribution in [1.82, 2.24) is 25.1 Å². The van der Waals surface area contributed by atoms with Crippen molar-refractivity contribution in [3.8, 4) is 22.8 Å². The first kappa shape index (κ1) is 23.3. The van der Waals surface area contributed by atoms with Gasteiger partial charge in [0.25, 0.3) is 5.91 Å². The molecule has 0 fully saturated rings. The molecule has 0 unspecified atom stereocenters. The van der Waals surface area contributed by atoms with E-state index in [9.17, 15) is 14.0 Å². The van der Waals surface area contributed by atoms with E-state index in [-0.39, 0.29) is 11.5 Å². The van der Waals surface area contributed by atoms with E-state index in [1.54, 1.807) is 43.8 Å². The van der Waals surface area contributed by atoms with Crippen LogP contribution in [0.2, 0.25) is 0 Å². The number of benzene rings is 1. The Kier molecular flexibility index (Phi) is 6.32. The molecule has 34 heavy (non-hydrogen) atoms. The molecule has 10 heteroatoms. The monoisotopic (exact) mass is 466 g/mol. The number of alkyl carbamates (subject to hydrolysis) is 1. The van der Waals surface area contributed by atoms with E-state index in [2.05, 4.69) is 15.4 Å². The number of aryl methyl sites for hydroxylation is 2. The molecule has 1 aliphatic carbocycles. The molecule has 3 aromatic rings. The second kappa shape index (κ2) is 9.20. The van der Waals surface area contributed by atoms with Crippen LogP contribution in [0.3, 0.4) is 0 Å². The fourth-order valence-corrected chi connectivity index (χ4v) is 3.89. The normalized spacial score (nSPS) is 12.6. The Balaban J connectivity index is 1.61. The zero-order valence-corrected chi connectivity index (χ0v) is 19.4. The summed E-state index contributed by atoms with van der Waals surface area (Å²) in [5.74, 6) is -0.488. The molecule has 9 nitrogen and oxygen atoms in total. The van der Waals surface area contributed by atoms with Gasteiger partial charge in [0.05, 0.1) is 11.4 Å². The Morgan fingerprint density at radius 2 is 1.94 bits per heavy atom. The van der Waals surface area contributed by atoms with Gasteiger partial charge in [-0.05, 0) is 69.9 Å². The largest absolute Gasteiger partial charge is 0.444 e. The van der Waals surface area contributed by atoms with Gasteiger partial charge in [-0.1, -0.05) is 0 Å². The fraction of sp³-hybridized carbons (Fsp3) is 0.375. The molecule has 0 saturated heterocycles. The molecule has 3 N–H and O–H groups in total. The molecule has 0 aliphatic heterocycles. The van der Waals surface area contributed by atoms with Crippen LogP contribution in [0.5, 0.6) is 0 Å². The van der Waals surface area contributed by atoms with Crippen LogP contribution in [-0.2, 0) is 24.1 Å². The van der Waals surface area contributed by atoms with Gasteiger partial charge in [0.2, 0.25) is 0 Å². The molecule has 0 atom stereocenters. The maximum atomic E-state index is 13.4. The smallest absolute Gasteiger partial charge is 0.407 e. The summed E-state index contributed by atoms with van der Waals surface area (Å²) in [5, 5.41) is 7.19. The number of nitrogens with two attached hydrogens (primary N) is 1. The molecule has 0 saturated carbocycles. The number of nitrogens with zero attached hydrogens (tertiary/aromatic N) is 4. The highest BCUT2D eigenvalue weighted by atomic mass is 19.1. The molecule has 0 spiro atoms. The number of halogens is 1. The predicted octanol–water partition coefficient (Wildman–Crippen LogP) is 3.26. The Labute approximate surface area is 196 Å². The van der Waals surface area contributed by atoms with E-state index in [0.717, 1.165) is 16.8 Å². The van der Waals surface area contributed by atoms with Crippen LogP contribution in [0.1, 0.15) is 48.8 Å². The van der Waals surface area contributed by atoms with Gasteiger partial charge in [-0.2, -0.15) is 5.10 Å². The lowest BCUT2D eigenvalue weighted by Gasteiger charge is -2.20. The van der Waals surface area contributed by atoms with Crippen LogP contribution >= 0.6 is 0 Å². The number of nitrogens with one attached hydrogen (secondary N) is 1. The topological polar surface area (TPSA) is 125 Å². The minimum atomic E-state index is -0.599. The molecule has 0 radical (unpaired) electrons. The molecule has 2 aromatic heterocycles. The number of carbonyl (C=O) groups excluding carboxylic acids is 2. The van der Waals surface area contributed by atoms with Crippen molar-refractivity contribution < 1.29 is 18.7 Å². The summed E-state index contributed by atoms with van der Waals surface area (Å²) in [5.41, 5.74) is 9.01. The van der Waals surface area contributed by atoms with Crippen LogP contribution in [-0.4, -0.2) is 43.9 Å². The van der Waals surface area contributed by atoms with Crippen molar-refractivity contribution in [2.75, 3.05) is 6.54 Å². The van der Waals surface area contributed by atoms with Gasteiger partial charge in [-0.15, -0.1) is 0 Å². The summed E-state index contributed by atoms with van der Waals surface area (Å²) in [4.78, 5) is 33.2. The minimum absolute atomic E-state index is 0.225. The standard InChI is InChI=1S/C24H27FN6O3/c1-24(2,3)34-23(33)27-11-4-12-31-20-17(19(30-31)21(26)32)10-7-15-13-28-22(29-18(15)20)14-5-8-16(25)9-6-14/h5-6,8-9,13H,4,7,10-12H2,1-3H3,(H2,26,32)(H,27,33). The summed E-state index contributed by atoms with van der Waals surface area (Å²) in [7, 11) is 0. The number of hydrogen-bond acceptors (Lipinski definition) is 6. The predicted molar refractivity (Wildman–Crippen MR) is 123 cm³/mol. The molecule has 178 valence electrons. The third kappa shape index (κ3) is 5.05. The number of carbonyl (C=O) groups is 2. The highest BCUT2D eigenvalue weighted by Gasteiger charge is 2.29. The molecule has 1 aromatic carbocycles. The van der Waals surface area contributed by atoms with E-state index >= 15 is 0 Å². The lowest BCUT2D eigenvalue weighted by molar-refractivity contribution is 0.0526. The van der Waals surface area contributed by atoms with E-state index in [0.29, 0.717) is 49.4 Å². The van der Waals surface area contributed by atoms with Gasteiger partial charge in [-0.3, -0.25) is 9.48 Å². The molecule has 1 aliphatic rings. The van der Waals surface area contributed by atoms with E-state index in [4.69, 9.17) is 15.5 Å². The average Bonchev–Trinajstić information content (AvgIpc) is 3.15. The number of primary amides is 1. The second-order valence-electron chi connectivity index (χ2n) is 9.12. The molecule has 0 bridgehead atoms. The summed E-state index contributed by atoms with van der Waals surface area (Å²) in [6.07, 6.45) is 3.06. The lowest BCUT2D eigenvalue weighted by atomic mass is 9.93.